The predicted octanol–water partition coefficient (Wildman–Crippen LogP) is 2.10. The van der Waals surface area contributed by atoms with Crippen LogP contribution in [-0.4, -0.2) is 58.0 Å². The number of nitrogens with zero attached hydrogens (tertiary/aromatic N) is 2. The fourth-order valence-electron chi connectivity index (χ4n) is 3.97. The molecule has 0 radical (unpaired) electrons. The molecule has 0 aliphatic carbocycles. The molecule has 11 heteroatoms. The highest BCUT2D eigenvalue weighted by atomic mass is 16.7. The van der Waals surface area contributed by atoms with Crippen molar-refractivity contribution in [1.82, 2.24) is 15.3 Å². The topological polar surface area (TPSA) is 145 Å². The number of carbonyl (C=O) groups is 4. The van der Waals surface area contributed by atoms with Crippen molar-refractivity contribution >= 4 is 30.7 Å². The van der Waals surface area contributed by atoms with Gasteiger partial charge in [0.15, 0.2) is 11.9 Å². The second-order valence-corrected chi connectivity index (χ2v) is 8.89. The Morgan fingerprint density at radius 3 is 2.54 bits per heavy atom. The molecule has 1 aliphatic heterocycles. The van der Waals surface area contributed by atoms with Crippen LogP contribution in [0.25, 0.3) is 0 Å². The van der Waals surface area contributed by atoms with Gasteiger partial charge in [-0.15, -0.1) is 0 Å². The molecule has 1 aromatic heterocycles. The van der Waals surface area contributed by atoms with Crippen LogP contribution in [0, 0.1) is 5.92 Å². The highest BCUT2D eigenvalue weighted by Gasteiger charge is 2.47. The Kier molecular flexibility index (Phi) is 9.08. The smallest absolute Gasteiger partial charge is 0.507 e. The number of carboxylic acid groups (broad SMARTS) is 1. The van der Waals surface area contributed by atoms with Crippen LogP contribution in [0.4, 0.5) is 0 Å². The largest absolute Gasteiger partial charge is 0.531 e. The summed E-state index contributed by atoms with van der Waals surface area (Å²) < 4.78 is 10.9. The van der Waals surface area contributed by atoms with Gasteiger partial charge in [-0.1, -0.05) is 44.2 Å². The average molecular weight is 481 g/mol. The maximum Gasteiger partial charge on any atom is 0.531 e. The van der Waals surface area contributed by atoms with E-state index >= 15 is 0 Å². The Bertz CT molecular complexity index is 1040. The summed E-state index contributed by atoms with van der Waals surface area (Å²) in [5.41, 5.74) is 0.942. The Labute approximate surface area is 203 Å². The van der Waals surface area contributed by atoms with Crippen molar-refractivity contribution in [1.29, 1.82) is 0 Å². The Hall–Kier alpha value is -3.60. The number of aliphatic carboxylic acids is 1. The molecule has 1 aliphatic rings. The first-order valence-electron chi connectivity index (χ1n) is 11.4. The van der Waals surface area contributed by atoms with Gasteiger partial charge in [-0.05, 0) is 24.3 Å². The second kappa shape index (κ2) is 12.2. The van der Waals surface area contributed by atoms with E-state index in [1.807, 2.05) is 44.2 Å². The number of rotatable bonds is 12. The minimum absolute atomic E-state index is 0.0336. The number of hydrogen-bond acceptors (Lipinski definition) is 8. The normalized spacial score (nSPS) is 17.1. The van der Waals surface area contributed by atoms with Crippen molar-refractivity contribution in [3.05, 3.63) is 60.2 Å². The molecule has 184 valence electrons. The Morgan fingerprint density at radius 2 is 1.91 bits per heavy atom. The predicted molar refractivity (Wildman–Crippen MR) is 125 cm³/mol. The summed E-state index contributed by atoms with van der Waals surface area (Å²) in [7, 11) is -1.04. The molecule has 3 rings (SSSR count). The standard InChI is InChI=1S/C24H28BN3O7/c1-15(2)10-17(25-34-21(13-22(30)31)24(33)35-25)12-20(29)18(11-16-6-4-3-5-7-16)28-23(32)19-14-26-8-9-27-19/h3-9,14-15,17-18,21H,10-13H2,1-2H3,(H,28,32)(H,30,31)/t17-,18+,21+/m1/s1. The number of benzene rings is 1. The molecule has 2 heterocycles. The molecule has 10 nitrogen and oxygen atoms in total. The lowest BCUT2D eigenvalue weighted by Gasteiger charge is -2.23. The van der Waals surface area contributed by atoms with Gasteiger partial charge in [0, 0.05) is 24.6 Å². The van der Waals surface area contributed by atoms with E-state index in [4.69, 9.17) is 14.4 Å². The number of carboxylic acids is 1. The quantitative estimate of drug-likeness (QED) is 0.435. The van der Waals surface area contributed by atoms with Crippen LogP contribution in [0.15, 0.2) is 48.9 Å². The maximum absolute atomic E-state index is 13.5. The minimum atomic E-state index is -1.21. The van der Waals surface area contributed by atoms with Gasteiger partial charge in [-0.3, -0.25) is 24.2 Å². The number of hydrogen-bond donors (Lipinski definition) is 2. The molecule has 1 aromatic carbocycles. The lowest BCUT2D eigenvalue weighted by molar-refractivity contribution is -0.145. The molecule has 1 amide bonds. The fourth-order valence-corrected chi connectivity index (χ4v) is 3.97. The van der Waals surface area contributed by atoms with Gasteiger partial charge in [0.1, 0.15) is 5.69 Å². The summed E-state index contributed by atoms with van der Waals surface area (Å²) in [5, 5.41) is 11.8. The first-order chi connectivity index (χ1) is 16.7. The molecule has 2 aromatic rings. The zero-order chi connectivity index (χ0) is 25.4. The molecule has 0 spiro atoms. The molecule has 0 unspecified atom stereocenters. The van der Waals surface area contributed by atoms with Crippen molar-refractivity contribution in [2.24, 2.45) is 5.92 Å². The highest BCUT2D eigenvalue weighted by Crippen LogP contribution is 2.32. The molecule has 1 saturated heterocycles. The monoisotopic (exact) mass is 481 g/mol. The van der Waals surface area contributed by atoms with Crippen molar-refractivity contribution in [3.8, 4) is 0 Å². The highest BCUT2D eigenvalue weighted by molar-refractivity contribution is 6.51. The third-order valence-corrected chi connectivity index (χ3v) is 5.55. The van der Waals surface area contributed by atoms with Crippen molar-refractivity contribution in [3.63, 3.8) is 0 Å². The zero-order valence-electron chi connectivity index (χ0n) is 19.6. The molecular weight excluding hydrogens is 453 g/mol. The van der Waals surface area contributed by atoms with Gasteiger partial charge >= 0.3 is 19.1 Å². The first kappa shape index (κ1) is 26.0. The van der Waals surface area contributed by atoms with Crippen LogP contribution in [0.3, 0.4) is 0 Å². The van der Waals surface area contributed by atoms with E-state index in [1.165, 1.54) is 18.6 Å². The van der Waals surface area contributed by atoms with Crippen LogP contribution < -0.4 is 5.32 Å². The third-order valence-electron chi connectivity index (χ3n) is 5.55. The van der Waals surface area contributed by atoms with Crippen molar-refractivity contribution in [2.45, 2.75) is 57.5 Å². The number of ketones is 1. The SMILES string of the molecule is CC(C)C[C@H](CC(=O)[C@H](Cc1ccccc1)NC(=O)c1cnccn1)B1OC(=O)[C@H](CC(=O)O)O1. The molecule has 0 saturated carbocycles. The summed E-state index contributed by atoms with van der Waals surface area (Å²) in [4.78, 5) is 57.2. The number of Topliss-reactive ketones (excluding diaryl/α,β-unsaturated/α-hetero) is 1. The molecule has 35 heavy (non-hydrogen) atoms. The van der Waals surface area contributed by atoms with E-state index in [0.717, 1.165) is 5.56 Å². The molecule has 3 atom stereocenters. The second-order valence-electron chi connectivity index (χ2n) is 8.89. The number of aromatic nitrogens is 2. The van der Waals surface area contributed by atoms with Crippen LogP contribution in [0.5, 0.6) is 0 Å². The van der Waals surface area contributed by atoms with Gasteiger partial charge in [0.25, 0.3) is 5.91 Å². The van der Waals surface area contributed by atoms with Gasteiger partial charge < -0.3 is 19.7 Å². The lowest BCUT2D eigenvalue weighted by atomic mass is 9.65. The lowest BCUT2D eigenvalue weighted by Crippen LogP contribution is -2.44. The van der Waals surface area contributed by atoms with Gasteiger partial charge in [-0.25, -0.2) is 4.98 Å². The molecule has 2 N–H and O–H groups in total. The summed E-state index contributed by atoms with van der Waals surface area (Å²) in [5.74, 6) is -3.09. The van der Waals surface area contributed by atoms with Crippen molar-refractivity contribution < 1.29 is 33.6 Å². The number of amides is 1. The van der Waals surface area contributed by atoms with E-state index < -0.39 is 49.3 Å². The summed E-state index contributed by atoms with van der Waals surface area (Å²) in [6.45, 7) is 3.92. The van der Waals surface area contributed by atoms with E-state index in [-0.39, 0.29) is 30.2 Å². The van der Waals surface area contributed by atoms with E-state index in [2.05, 4.69) is 15.3 Å². The van der Waals surface area contributed by atoms with Gasteiger partial charge in [0.2, 0.25) is 0 Å². The molecular formula is C24H28BN3O7. The van der Waals surface area contributed by atoms with Gasteiger partial charge in [-0.2, -0.15) is 0 Å². The Morgan fingerprint density at radius 1 is 1.17 bits per heavy atom. The average Bonchev–Trinajstić information content (AvgIpc) is 3.18. The maximum atomic E-state index is 13.5. The number of carbonyl (C=O) groups excluding carboxylic acids is 3. The number of nitrogens with one attached hydrogen (secondary N) is 1. The minimum Gasteiger partial charge on any atom is -0.507 e. The molecule has 0 bridgehead atoms. The van der Waals surface area contributed by atoms with E-state index in [9.17, 15) is 19.2 Å². The third kappa shape index (κ3) is 7.71. The first-order valence-corrected chi connectivity index (χ1v) is 11.4. The summed E-state index contributed by atoms with van der Waals surface area (Å²) >= 11 is 0. The van der Waals surface area contributed by atoms with Crippen LogP contribution in [0.1, 0.15) is 49.2 Å². The zero-order valence-corrected chi connectivity index (χ0v) is 19.6. The van der Waals surface area contributed by atoms with E-state index in [0.29, 0.717) is 6.42 Å². The van der Waals surface area contributed by atoms with Crippen LogP contribution >= 0.6 is 0 Å². The summed E-state index contributed by atoms with van der Waals surface area (Å²) in [6, 6.07) is 8.40. The Balaban J connectivity index is 1.77. The van der Waals surface area contributed by atoms with Gasteiger partial charge in [0.05, 0.1) is 18.7 Å². The van der Waals surface area contributed by atoms with Crippen LogP contribution in [0.2, 0.25) is 5.82 Å². The fraction of sp³-hybridized carbons (Fsp3) is 0.417. The van der Waals surface area contributed by atoms with Crippen LogP contribution in [-0.2, 0) is 30.1 Å². The van der Waals surface area contributed by atoms with E-state index in [1.54, 1.807) is 0 Å². The molecule has 1 fully saturated rings. The van der Waals surface area contributed by atoms with Crippen molar-refractivity contribution in [2.75, 3.05) is 0 Å². The summed E-state index contributed by atoms with van der Waals surface area (Å²) in [6.07, 6.45) is 3.15.